The maximum absolute atomic E-state index is 13.2. The molecule has 0 saturated carbocycles. The largest absolute Gasteiger partial charge is 0.336 e. The Balaban J connectivity index is 1.44. The summed E-state index contributed by atoms with van der Waals surface area (Å²) >= 11 is 0. The molecule has 0 N–H and O–H groups in total. The van der Waals surface area contributed by atoms with Gasteiger partial charge < -0.3 is 4.90 Å². The number of piperidine rings is 2. The lowest BCUT2D eigenvalue weighted by Gasteiger charge is -2.41. The molecule has 0 radical (unpaired) electrons. The van der Waals surface area contributed by atoms with E-state index in [-0.39, 0.29) is 23.9 Å². The van der Waals surface area contributed by atoms with Crippen molar-refractivity contribution in [1.29, 1.82) is 0 Å². The topological polar surface area (TPSA) is 91.8 Å². The zero-order chi connectivity index (χ0) is 20.8. The van der Waals surface area contributed by atoms with Crippen molar-refractivity contribution in [3.05, 3.63) is 30.3 Å². The van der Waals surface area contributed by atoms with Crippen LogP contribution in [0.3, 0.4) is 0 Å². The van der Waals surface area contributed by atoms with Gasteiger partial charge in [0.1, 0.15) is 0 Å². The van der Waals surface area contributed by atoms with Crippen LogP contribution in [-0.2, 0) is 24.7 Å². The predicted octanol–water partition coefficient (Wildman–Crippen LogP) is 1.65. The van der Waals surface area contributed by atoms with E-state index in [0.29, 0.717) is 43.7 Å². The summed E-state index contributed by atoms with van der Waals surface area (Å²) in [5.74, 6) is -0.0837. The van der Waals surface area contributed by atoms with Crippen molar-refractivity contribution in [2.45, 2.75) is 60.8 Å². The molecule has 0 spiro atoms. The Morgan fingerprint density at radius 1 is 0.897 bits per heavy atom. The van der Waals surface area contributed by atoms with E-state index >= 15 is 0 Å². The summed E-state index contributed by atoms with van der Waals surface area (Å²) in [5.41, 5.74) is 0. The molecule has 0 aliphatic carbocycles. The molecule has 2 atom stereocenters. The zero-order valence-corrected chi connectivity index (χ0v) is 18.2. The Hall–Kier alpha value is -1.45. The lowest BCUT2D eigenvalue weighted by Crippen LogP contribution is -2.53. The summed E-state index contributed by atoms with van der Waals surface area (Å²) in [7, 11) is -6.61. The minimum absolute atomic E-state index is 0.0299. The van der Waals surface area contributed by atoms with Gasteiger partial charge in [0.15, 0.2) is 9.84 Å². The van der Waals surface area contributed by atoms with Gasteiger partial charge in [-0.25, -0.2) is 21.1 Å². The van der Waals surface area contributed by atoms with E-state index in [0.717, 1.165) is 12.8 Å². The average Bonchev–Trinajstić information content (AvgIpc) is 2.96. The second-order valence-electron chi connectivity index (χ2n) is 8.52. The first-order valence-electron chi connectivity index (χ1n) is 10.2. The average molecular weight is 441 g/mol. The summed E-state index contributed by atoms with van der Waals surface area (Å²) in [4.78, 5) is 15.5. The number of hydrogen-bond donors (Lipinski definition) is 0. The number of carbonyl (C=O) groups excluding carboxylic acids is 1. The SMILES string of the molecule is CS(=O)(=O)N1CCC(C(=O)N2[C@@H]3CC[C@@H]2CC(S(=O)(=O)c2ccccc2)C3)CC1. The van der Waals surface area contributed by atoms with Gasteiger partial charge in [-0.3, -0.25) is 4.79 Å². The number of sulfone groups is 1. The smallest absolute Gasteiger partial charge is 0.226 e. The van der Waals surface area contributed by atoms with Crippen molar-refractivity contribution in [3.63, 3.8) is 0 Å². The first-order chi connectivity index (χ1) is 13.7. The fraction of sp³-hybridized carbons (Fsp3) is 0.650. The van der Waals surface area contributed by atoms with Crippen molar-refractivity contribution in [2.75, 3.05) is 19.3 Å². The molecule has 1 aromatic rings. The Kier molecular flexibility index (Phi) is 5.50. The Morgan fingerprint density at radius 2 is 1.45 bits per heavy atom. The van der Waals surface area contributed by atoms with E-state index in [1.165, 1.54) is 10.6 Å². The molecule has 3 fully saturated rings. The number of nitrogens with zero attached hydrogens (tertiary/aromatic N) is 2. The molecular formula is C20H28N2O5S2. The van der Waals surface area contributed by atoms with Crippen molar-refractivity contribution < 1.29 is 21.6 Å². The van der Waals surface area contributed by atoms with Crippen LogP contribution in [0.15, 0.2) is 35.2 Å². The van der Waals surface area contributed by atoms with Gasteiger partial charge in [-0.05, 0) is 50.7 Å². The molecule has 1 aromatic carbocycles. The lowest BCUT2D eigenvalue weighted by molar-refractivity contribution is -0.141. The van der Waals surface area contributed by atoms with E-state index in [4.69, 9.17) is 0 Å². The van der Waals surface area contributed by atoms with Crippen LogP contribution in [0.25, 0.3) is 0 Å². The van der Waals surface area contributed by atoms with Crippen LogP contribution in [-0.4, -0.2) is 68.6 Å². The number of amides is 1. The molecule has 3 saturated heterocycles. The highest BCUT2D eigenvalue weighted by Gasteiger charge is 2.48. The molecule has 160 valence electrons. The number of benzene rings is 1. The molecule has 2 bridgehead atoms. The Bertz CT molecular complexity index is 955. The summed E-state index contributed by atoms with van der Waals surface area (Å²) in [6.45, 7) is 0.757. The Morgan fingerprint density at radius 3 is 1.97 bits per heavy atom. The number of hydrogen-bond acceptors (Lipinski definition) is 5. The van der Waals surface area contributed by atoms with Gasteiger partial charge in [0.2, 0.25) is 15.9 Å². The predicted molar refractivity (Wildman–Crippen MR) is 109 cm³/mol. The third kappa shape index (κ3) is 3.96. The zero-order valence-electron chi connectivity index (χ0n) is 16.6. The minimum Gasteiger partial charge on any atom is -0.336 e. The molecule has 3 heterocycles. The highest BCUT2D eigenvalue weighted by atomic mass is 32.2. The monoisotopic (exact) mass is 440 g/mol. The van der Waals surface area contributed by atoms with Crippen molar-refractivity contribution in [2.24, 2.45) is 5.92 Å². The molecule has 3 aliphatic heterocycles. The fourth-order valence-electron chi connectivity index (χ4n) is 5.19. The number of rotatable bonds is 4. The van der Waals surface area contributed by atoms with Crippen LogP contribution < -0.4 is 0 Å². The van der Waals surface area contributed by atoms with Crippen LogP contribution in [0, 0.1) is 5.92 Å². The second kappa shape index (κ2) is 7.67. The van der Waals surface area contributed by atoms with E-state index in [1.54, 1.807) is 30.3 Å². The van der Waals surface area contributed by atoms with E-state index < -0.39 is 25.1 Å². The highest BCUT2D eigenvalue weighted by molar-refractivity contribution is 7.92. The standard InChI is InChI=1S/C20H28N2O5S2/c1-28(24,25)21-11-9-15(10-12-21)20(23)22-16-7-8-17(22)14-19(13-16)29(26,27)18-5-3-2-4-6-18/h2-6,15-17,19H,7-14H2,1H3/t16-,17-/m1/s1. The number of sulfonamides is 1. The Labute approximate surface area is 173 Å². The minimum atomic E-state index is -3.40. The molecule has 3 aliphatic rings. The van der Waals surface area contributed by atoms with Gasteiger partial charge in [0, 0.05) is 31.1 Å². The molecule has 4 rings (SSSR count). The van der Waals surface area contributed by atoms with Crippen LogP contribution in [0.2, 0.25) is 0 Å². The van der Waals surface area contributed by atoms with Crippen LogP contribution in [0.4, 0.5) is 0 Å². The van der Waals surface area contributed by atoms with Gasteiger partial charge >= 0.3 is 0 Å². The summed E-state index contributed by atoms with van der Waals surface area (Å²) in [6.07, 6.45) is 4.94. The maximum atomic E-state index is 13.2. The van der Waals surface area contributed by atoms with Crippen LogP contribution in [0.5, 0.6) is 0 Å². The summed E-state index contributed by atoms with van der Waals surface area (Å²) in [5, 5.41) is -0.446. The maximum Gasteiger partial charge on any atom is 0.226 e. The van der Waals surface area contributed by atoms with E-state index in [1.807, 2.05) is 4.90 Å². The van der Waals surface area contributed by atoms with Gasteiger partial charge in [-0.1, -0.05) is 18.2 Å². The van der Waals surface area contributed by atoms with Crippen LogP contribution >= 0.6 is 0 Å². The molecular weight excluding hydrogens is 412 g/mol. The first kappa shape index (κ1) is 20.8. The second-order valence-corrected chi connectivity index (χ2v) is 12.7. The number of carbonyl (C=O) groups is 1. The summed E-state index contributed by atoms with van der Waals surface area (Å²) in [6, 6.07) is 8.51. The van der Waals surface area contributed by atoms with Gasteiger partial charge in [-0.15, -0.1) is 0 Å². The highest BCUT2D eigenvalue weighted by Crippen LogP contribution is 2.41. The third-order valence-electron chi connectivity index (χ3n) is 6.73. The quantitative estimate of drug-likeness (QED) is 0.710. The van der Waals surface area contributed by atoms with Gasteiger partial charge in [0.25, 0.3) is 0 Å². The molecule has 1 amide bonds. The van der Waals surface area contributed by atoms with Crippen LogP contribution in [0.1, 0.15) is 38.5 Å². The van der Waals surface area contributed by atoms with Gasteiger partial charge in [0.05, 0.1) is 16.4 Å². The van der Waals surface area contributed by atoms with Gasteiger partial charge in [-0.2, -0.15) is 0 Å². The lowest BCUT2D eigenvalue weighted by atomic mass is 9.93. The first-order valence-corrected chi connectivity index (χ1v) is 13.6. The van der Waals surface area contributed by atoms with Crippen molar-refractivity contribution in [1.82, 2.24) is 9.21 Å². The normalized spacial score (nSPS) is 29.1. The number of fused-ring (bicyclic) bond motifs is 2. The van der Waals surface area contributed by atoms with E-state index in [2.05, 4.69) is 0 Å². The fourth-order valence-corrected chi connectivity index (χ4v) is 7.93. The van der Waals surface area contributed by atoms with Crippen molar-refractivity contribution in [3.8, 4) is 0 Å². The summed E-state index contributed by atoms with van der Waals surface area (Å²) < 4.78 is 50.9. The molecule has 7 nitrogen and oxygen atoms in total. The molecule has 29 heavy (non-hydrogen) atoms. The third-order valence-corrected chi connectivity index (χ3v) is 10.2. The molecule has 0 unspecified atom stereocenters. The van der Waals surface area contributed by atoms with Crippen molar-refractivity contribution >= 4 is 25.8 Å². The van der Waals surface area contributed by atoms with E-state index in [9.17, 15) is 21.6 Å². The molecule has 9 heteroatoms. The molecule has 0 aromatic heterocycles.